The lowest BCUT2D eigenvalue weighted by atomic mass is 10.1. The Kier molecular flexibility index (Phi) is 5.10. The van der Waals surface area contributed by atoms with Gasteiger partial charge in [0, 0.05) is 11.6 Å². The van der Waals surface area contributed by atoms with Crippen LogP contribution in [0.1, 0.15) is 5.56 Å². The topological polar surface area (TPSA) is 119 Å². The van der Waals surface area contributed by atoms with Crippen molar-refractivity contribution >= 4 is 28.5 Å². The largest absolute Gasteiger partial charge is 0.504 e. The second kappa shape index (κ2) is 7.63. The van der Waals surface area contributed by atoms with Crippen LogP contribution >= 0.6 is 11.3 Å². The number of carbonyl (C=O) groups is 1. The monoisotopic (exact) mass is 382 g/mol. The van der Waals surface area contributed by atoms with E-state index in [0.29, 0.717) is 5.56 Å². The number of nitrogens with one attached hydrogen (secondary N) is 1. The van der Waals surface area contributed by atoms with Gasteiger partial charge in [-0.05, 0) is 35.9 Å². The highest BCUT2D eigenvalue weighted by atomic mass is 32.1. The smallest absolute Gasteiger partial charge is 0.268 e. The van der Waals surface area contributed by atoms with Crippen molar-refractivity contribution in [1.82, 2.24) is 9.97 Å². The Morgan fingerprint density at radius 2 is 2.11 bits per heavy atom. The minimum atomic E-state index is -0.715. The molecule has 27 heavy (non-hydrogen) atoms. The SMILES string of the molecule is N#C/C(=C\c1ccc(O)c(O)c1)C(=O)Nc1nc(-c2ncccc2F)cs1. The third-order valence-electron chi connectivity index (χ3n) is 3.40. The number of phenols is 2. The van der Waals surface area contributed by atoms with Gasteiger partial charge in [-0.15, -0.1) is 11.3 Å². The number of carbonyl (C=O) groups excluding carboxylic acids is 1. The van der Waals surface area contributed by atoms with E-state index in [2.05, 4.69) is 15.3 Å². The molecule has 0 aliphatic rings. The molecule has 0 bridgehead atoms. The zero-order valence-corrected chi connectivity index (χ0v) is 14.4. The number of aromatic hydroxyl groups is 2. The van der Waals surface area contributed by atoms with Crippen molar-refractivity contribution in [2.45, 2.75) is 0 Å². The molecule has 0 aliphatic carbocycles. The Bertz CT molecular complexity index is 1090. The van der Waals surface area contributed by atoms with Crippen LogP contribution in [0.4, 0.5) is 9.52 Å². The van der Waals surface area contributed by atoms with Gasteiger partial charge in [0.2, 0.25) is 0 Å². The van der Waals surface area contributed by atoms with E-state index < -0.39 is 11.7 Å². The predicted octanol–water partition coefficient (Wildman–Crippen LogP) is 3.30. The first kappa shape index (κ1) is 18.0. The number of rotatable bonds is 4. The van der Waals surface area contributed by atoms with Gasteiger partial charge in [0.15, 0.2) is 22.4 Å². The maximum Gasteiger partial charge on any atom is 0.268 e. The molecule has 1 aromatic carbocycles. The molecule has 3 rings (SSSR count). The van der Waals surface area contributed by atoms with Crippen LogP contribution in [-0.4, -0.2) is 26.1 Å². The molecule has 2 heterocycles. The Labute approximate surface area is 156 Å². The van der Waals surface area contributed by atoms with E-state index in [1.54, 1.807) is 6.07 Å². The van der Waals surface area contributed by atoms with E-state index in [9.17, 15) is 24.7 Å². The summed E-state index contributed by atoms with van der Waals surface area (Å²) in [6.07, 6.45) is 2.68. The molecule has 0 radical (unpaired) electrons. The van der Waals surface area contributed by atoms with Crippen LogP contribution in [0.5, 0.6) is 11.5 Å². The van der Waals surface area contributed by atoms with Crippen molar-refractivity contribution in [3.8, 4) is 29.0 Å². The van der Waals surface area contributed by atoms with Crippen molar-refractivity contribution in [1.29, 1.82) is 5.26 Å². The fourth-order valence-electron chi connectivity index (χ4n) is 2.12. The molecule has 0 aliphatic heterocycles. The van der Waals surface area contributed by atoms with Gasteiger partial charge in [-0.1, -0.05) is 6.07 Å². The van der Waals surface area contributed by atoms with E-state index >= 15 is 0 Å². The van der Waals surface area contributed by atoms with E-state index in [0.717, 1.165) is 11.3 Å². The molecule has 9 heteroatoms. The second-order valence-electron chi connectivity index (χ2n) is 5.24. The van der Waals surface area contributed by atoms with E-state index in [1.165, 1.54) is 48.0 Å². The van der Waals surface area contributed by atoms with Gasteiger partial charge in [0.25, 0.3) is 5.91 Å². The highest BCUT2D eigenvalue weighted by Crippen LogP contribution is 2.27. The van der Waals surface area contributed by atoms with Crippen LogP contribution in [0.25, 0.3) is 17.5 Å². The van der Waals surface area contributed by atoms with Crippen LogP contribution in [0, 0.1) is 17.1 Å². The summed E-state index contributed by atoms with van der Waals surface area (Å²) in [5.41, 5.74) is 0.442. The highest BCUT2D eigenvalue weighted by Gasteiger charge is 2.15. The van der Waals surface area contributed by atoms with Crippen molar-refractivity contribution in [2.75, 3.05) is 5.32 Å². The summed E-state index contributed by atoms with van der Waals surface area (Å²) in [4.78, 5) is 20.3. The molecule has 0 atom stereocenters. The molecule has 0 saturated heterocycles. The fraction of sp³-hybridized carbons (Fsp3) is 0. The average molecular weight is 382 g/mol. The summed E-state index contributed by atoms with van der Waals surface area (Å²) >= 11 is 1.06. The minimum absolute atomic E-state index is 0.0601. The number of benzene rings is 1. The van der Waals surface area contributed by atoms with Gasteiger partial charge in [0.05, 0.1) is 0 Å². The molecule has 3 aromatic rings. The van der Waals surface area contributed by atoms with Gasteiger partial charge < -0.3 is 10.2 Å². The van der Waals surface area contributed by atoms with Crippen molar-refractivity contribution in [3.63, 3.8) is 0 Å². The summed E-state index contributed by atoms with van der Waals surface area (Å²) in [5, 5.41) is 32.2. The van der Waals surface area contributed by atoms with Crippen LogP contribution in [-0.2, 0) is 4.79 Å². The fourth-order valence-corrected chi connectivity index (χ4v) is 2.81. The number of hydrogen-bond donors (Lipinski definition) is 3. The third kappa shape index (κ3) is 4.08. The number of hydrogen-bond acceptors (Lipinski definition) is 7. The number of halogens is 1. The summed E-state index contributed by atoms with van der Waals surface area (Å²) in [6.45, 7) is 0. The standard InChI is InChI=1S/C18H11FN4O3S/c19-12-2-1-5-21-16(12)13-9-27-18(22-13)23-17(26)11(8-20)6-10-3-4-14(24)15(25)7-10/h1-7,9,24-25H,(H,22,23,26)/b11-6+. The number of nitriles is 1. The molecule has 3 N–H and O–H groups in total. The zero-order chi connectivity index (χ0) is 19.4. The number of aromatic nitrogens is 2. The Balaban J connectivity index is 1.80. The first-order chi connectivity index (χ1) is 13.0. The number of nitrogens with zero attached hydrogens (tertiary/aromatic N) is 3. The molecular weight excluding hydrogens is 371 g/mol. The molecule has 2 aromatic heterocycles. The molecule has 0 unspecified atom stereocenters. The molecule has 0 fully saturated rings. The molecule has 7 nitrogen and oxygen atoms in total. The summed E-state index contributed by atoms with van der Waals surface area (Å²) in [5.74, 6) is -1.94. The van der Waals surface area contributed by atoms with Gasteiger partial charge in [-0.3, -0.25) is 15.1 Å². The Morgan fingerprint density at radius 3 is 2.81 bits per heavy atom. The Hall–Kier alpha value is -3.77. The molecule has 0 spiro atoms. The van der Waals surface area contributed by atoms with Crippen molar-refractivity contribution < 1.29 is 19.4 Å². The minimum Gasteiger partial charge on any atom is -0.504 e. The van der Waals surface area contributed by atoms with Gasteiger partial charge in [0.1, 0.15) is 23.0 Å². The van der Waals surface area contributed by atoms with Gasteiger partial charge in [-0.25, -0.2) is 9.37 Å². The number of amides is 1. The quantitative estimate of drug-likeness (QED) is 0.362. The predicted molar refractivity (Wildman–Crippen MR) is 97.3 cm³/mol. The Morgan fingerprint density at radius 1 is 1.30 bits per heavy atom. The molecule has 1 amide bonds. The lowest BCUT2D eigenvalue weighted by Crippen LogP contribution is -2.13. The van der Waals surface area contributed by atoms with Crippen LogP contribution < -0.4 is 5.32 Å². The first-order valence-corrected chi connectivity index (χ1v) is 8.37. The molecular formula is C18H11FN4O3S. The van der Waals surface area contributed by atoms with E-state index in [1.807, 2.05) is 0 Å². The summed E-state index contributed by atoms with van der Waals surface area (Å²) < 4.78 is 13.8. The van der Waals surface area contributed by atoms with E-state index in [4.69, 9.17) is 0 Å². The normalized spacial score (nSPS) is 11.0. The third-order valence-corrected chi connectivity index (χ3v) is 4.16. The molecule has 134 valence electrons. The maximum absolute atomic E-state index is 13.8. The lowest BCUT2D eigenvalue weighted by Gasteiger charge is -2.02. The zero-order valence-electron chi connectivity index (χ0n) is 13.5. The van der Waals surface area contributed by atoms with Gasteiger partial charge >= 0.3 is 0 Å². The maximum atomic E-state index is 13.8. The van der Waals surface area contributed by atoms with Gasteiger partial charge in [-0.2, -0.15) is 5.26 Å². The van der Waals surface area contributed by atoms with Crippen LogP contribution in [0.2, 0.25) is 0 Å². The number of thiazole rings is 1. The van der Waals surface area contributed by atoms with Crippen molar-refractivity contribution in [2.24, 2.45) is 0 Å². The average Bonchev–Trinajstić information content (AvgIpc) is 3.11. The first-order valence-electron chi connectivity index (χ1n) is 7.49. The number of pyridine rings is 1. The number of anilines is 1. The summed E-state index contributed by atoms with van der Waals surface area (Å²) in [6, 6.07) is 8.36. The van der Waals surface area contributed by atoms with Crippen molar-refractivity contribution in [3.05, 3.63) is 58.9 Å². The summed E-state index contributed by atoms with van der Waals surface area (Å²) in [7, 11) is 0. The van der Waals surface area contributed by atoms with Crippen LogP contribution in [0.15, 0.2) is 47.5 Å². The van der Waals surface area contributed by atoms with E-state index in [-0.39, 0.29) is 33.6 Å². The molecule has 0 saturated carbocycles. The van der Waals surface area contributed by atoms with Crippen LogP contribution in [0.3, 0.4) is 0 Å². The second-order valence-corrected chi connectivity index (χ2v) is 6.10. The lowest BCUT2D eigenvalue weighted by molar-refractivity contribution is -0.112. The number of phenolic OH excluding ortho intramolecular Hbond substituents is 2. The highest BCUT2D eigenvalue weighted by molar-refractivity contribution is 7.14.